The minimum Gasteiger partial charge on any atom is -0.383 e. The van der Waals surface area contributed by atoms with Crippen LogP contribution in [0.2, 0.25) is 5.02 Å². The van der Waals surface area contributed by atoms with E-state index in [1.54, 1.807) is 12.0 Å². The summed E-state index contributed by atoms with van der Waals surface area (Å²) in [6.07, 6.45) is 1.67. The molecule has 0 aromatic heterocycles. The molecule has 2 saturated heterocycles. The molecule has 2 heterocycles. The van der Waals surface area contributed by atoms with Gasteiger partial charge in [0.1, 0.15) is 16.8 Å². The molecule has 1 aromatic carbocycles. The van der Waals surface area contributed by atoms with Crippen LogP contribution in [0.1, 0.15) is 19.3 Å². The fourth-order valence-corrected chi connectivity index (χ4v) is 5.91. The first-order chi connectivity index (χ1) is 16.2. The van der Waals surface area contributed by atoms with Crippen LogP contribution >= 0.6 is 11.6 Å². The molecule has 10 nitrogen and oxygen atoms in total. The van der Waals surface area contributed by atoms with Crippen molar-refractivity contribution in [3.8, 4) is 0 Å². The van der Waals surface area contributed by atoms with E-state index in [0.29, 0.717) is 52.2 Å². The van der Waals surface area contributed by atoms with Crippen molar-refractivity contribution in [1.29, 1.82) is 0 Å². The molecule has 2 amide bonds. The molecule has 1 atom stereocenters. The Morgan fingerprint density at radius 2 is 1.94 bits per heavy atom. The first-order valence-corrected chi connectivity index (χ1v) is 13.1. The van der Waals surface area contributed by atoms with E-state index in [4.69, 9.17) is 22.1 Å². The smallest absolute Gasteiger partial charge is 0.243 e. The predicted molar refractivity (Wildman–Crippen MR) is 126 cm³/mol. The Bertz CT molecular complexity index is 1000. The lowest BCUT2D eigenvalue weighted by molar-refractivity contribution is -0.134. The lowest BCUT2D eigenvalue weighted by Gasteiger charge is -2.36. The summed E-state index contributed by atoms with van der Waals surface area (Å²) >= 11 is 6.35. The average Bonchev–Trinajstić information content (AvgIpc) is 2.82. The topological polar surface area (TPSA) is 125 Å². The van der Waals surface area contributed by atoms with Crippen LogP contribution in [0, 0.1) is 5.82 Å². The maximum atomic E-state index is 14.4. The minimum atomic E-state index is -4.42. The van der Waals surface area contributed by atoms with Crippen molar-refractivity contribution in [3.05, 3.63) is 23.0 Å². The van der Waals surface area contributed by atoms with Gasteiger partial charge in [-0.05, 0) is 25.0 Å². The van der Waals surface area contributed by atoms with Crippen molar-refractivity contribution < 1.29 is 27.1 Å². The number of hydrogen-bond donors (Lipinski definition) is 2. The quantitative estimate of drug-likeness (QED) is 0.483. The second kappa shape index (κ2) is 11.7. The van der Waals surface area contributed by atoms with Crippen LogP contribution in [-0.4, -0.2) is 95.6 Å². The first kappa shape index (κ1) is 26.8. The summed E-state index contributed by atoms with van der Waals surface area (Å²) in [6.45, 7) is 3.45. The zero-order chi connectivity index (χ0) is 24.9. The van der Waals surface area contributed by atoms with Crippen LogP contribution in [0.25, 0.3) is 0 Å². The first-order valence-electron chi connectivity index (χ1n) is 11.2. The molecule has 0 radical (unpaired) electrons. The monoisotopic (exact) mass is 519 g/mol. The summed E-state index contributed by atoms with van der Waals surface area (Å²) in [4.78, 5) is 29.7. The van der Waals surface area contributed by atoms with Crippen molar-refractivity contribution in [2.75, 3.05) is 64.4 Å². The number of nitrogens with zero attached hydrogens (tertiary/aromatic N) is 3. The summed E-state index contributed by atoms with van der Waals surface area (Å²) in [5.41, 5.74) is 5.73. The standard InChI is InChI=1S/C21H31ClFN5O5S/c1-33-11-10-26-6-8-27(9-7-26)21(30)16(14-24)25-34(31,32)18-13-15(23)12-17(20(18)22)28-5-3-2-4-19(28)29/h12-13,16,25H,2-11,14,24H2,1H3/t16-/m0/s1. The summed E-state index contributed by atoms with van der Waals surface area (Å²) < 4.78 is 48.0. The number of piperazine rings is 1. The SMILES string of the molecule is COCCN1CCN(C(=O)[C@H](CN)NS(=O)(=O)c2cc(F)cc(N3CCCCC3=O)c2Cl)CC1. The highest BCUT2D eigenvalue weighted by Crippen LogP contribution is 2.35. The van der Waals surface area contributed by atoms with E-state index in [-0.39, 0.29) is 29.6 Å². The third-order valence-electron chi connectivity index (χ3n) is 6.02. The van der Waals surface area contributed by atoms with Gasteiger partial charge in [-0.3, -0.25) is 14.5 Å². The summed E-state index contributed by atoms with van der Waals surface area (Å²) in [5, 5.41) is -0.279. The van der Waals surface area contributed by atoms with Crippen molar-refractivity contribution in [3.63, 3.8) is 0 Å². The third-order valence-corrected chi connectivity index (χ3v) is 8.02. The Kier molecular flexibility index (Phi) is 9.24. The number of carbonyl (C=O) groups excluding carboxylic acids is 2. The van der Waals surface area contributed by atoms with Gasteiger partial charge in [-0.2, -0.15) is 4.72 Å². The van der Waals surface area contributed by atoms with Gasteiger partial charge in [-0.25, -0.2) is 12.8 Å². The van der Waals surface area contributed by atoms with Gasteiger partial charge in [0, 0.05) is 59.3 Å². The van der Waals surface area contributed by atoms with Gasteiger partial charge in [0.05, 0.1) is 17.3 Å². The van der Waals surface area contributed by atoms with Crippen LogP contribution in [-0.2, 0) is 24.3 Å². The highest BCUT2D eigenvalue weighted by atomic mass is 35.5. The number of nitrogens with one attached hydrogen (secondary N) is 1. The molecular weight excluding hydrogens is 489 g/mol. The van der Waals surface area contributed by atoms with Gasteiger partial charge in [-0.1, -0.05) is 11.6 Å². The van der Waals surface area contributed by atoms with Crippen LogP contribution < -0.4 is 15.4 Å². The molecule has 2 aliphatic heterocycles. The number of sulfonamides is 1. The molecule has 2 aliphatic rings. The molecule has 0 saturated carbocycles. The maximum Gasteiger partial charge on any atom is 0.243 e. The number of anilines is 1. The fraction of sp³-hybridized carbons (Fsp3) is 0.619. The lowest BCUT2D eigenvalue weighted by Crippen LogP contribution is -2.57. The van der Waals surface area contributed by atoms with Crippen LogP contribution in [0.4, 0.5) is 10.1 Å². The molecule has 1 aromatic rings. The van der Waals surface area contributed by atoms with Gasteiger partial charge in [0.25, 0.3) is 0 Å². The maximum absolute atomic E-state index is 14.4. The van der Waals surface area contributed by atoms with Crippen LogP contribution in [0.3, 0.4) is 0 Å². The highest BCUT2D eigenvalue weighted by molar-refractivity contribution is 7.89. The Morgan fingerprint density at radius 3 is 2.56 bits per heavy atom. The number of benzene rings is 1. The van der Waals surface area contributed by atoms with E-state index in [9.17, 15) is 22.4 Å². The number of hydrogen-bond acceptors (Lipinski definition) is 7. The predicted octanol–water partition coefficient (Wildman–Crippen LogP) is 0.392. The minimum absolute atomic E-state index is 0.00505. The van der Waals surface area contributed by atoms with E-state index in [2.05, 4.69) is 9.62 Å². The molecule has 0 unspecified atom stereocenters. The van der Waals surface area contributed by atoms with Gasteiger partial charge >= 0.3 is 0 Å². The summed E-state index contributed by atoms with van der Waals surface area (Å²) in [7, 11) is -2.80. The number of piperidine rings is 1. The molecule has 13 heteroatoms. The molecule has 3 N–H and O–H groups in total. The van der Waals surface area contributed by atoms with E-state index >= 15 is 0 Å². The van der Waals surface area contributed by atoms with E-state index in [1.165, 1.54) is 4.90 Å². The molecule has 0 bridgehead atoms. The average molecular weight is 520 g/mol. The molecular formula is C21H31ClFN5O5S. The van der Waals surface area contributed by atoms with E-state index in [1.807, 2.05) is 0 Å². The summed E-state index contributed by atoms with van der Waals surface area (Å²) in [6, 6.07) is 0.573. The normalized spacial score (nSPS) is 18.9. The Balaban J connectivity index is 1.76. The second-order valence-corrected chi connectivity index (χ2v) is 10.4. The molecule has 2 fully saturated rings. The van der Waals surface area contributed by atoms with Crippen LogP contribution in [0.5, 0.6) is 0 Å². The Morgan fingerprint density at radius 1 is 1.24 bits per heavy atom. The zero-order valence-electron chi connectivity index (χ0n) is 19.1. The highest BCUT2D eigenvalue weighted by Gasteiger charge is 2.33. The number of halogens is 2. The summed E-state index contributed by atoms with van der Waals surface area (Å²) in [5.74, 6) is -1.58. The molecule has 190 valence electrons. The zero-order valence-corrected chi connectivity index (χ0v) is 20.7. The van der Waals surface area contributed by atoms with Gasteiger partial charge in [0.15, 0.2) is 0 Å². The van der Waals surface area contributed by atoms with Crippen molar-refractivity contribution in [1.82, 2.24) is 14.5 Å². The lowest BCUT2D eigenvalue weighted by atomic mass is 10.1. The number of ether oxygens (including phenoxy) is 1. The number of carbonyl (C=O) groups is 2. The van der Waals surface area contributed by atoms with Gasteiger partial charge in [0.2, 0.25) is 21.8 Å². The van der Waals surface area contributed by atoms with Crippen LogP contribution in [0.15, 0.2) is 17.0 Å². The third kappa shape index (κ3) is 6.23. The molecule has 0 aliphatic carbocycles. The van der Waals surface area contributed by atoms with Crippen molar-refractivity contribution in [2.45, 2.75) is 30.2 Å². The number of amides is 2. The van der Waals surface area contributed by atoms with Gasteiger partial charge < -0.3 is 20.3 Å². The number of nitrogens with two attached hydrogens (primary N) is 1. The van der Waals surface area contributed by atoms with E-state index < -0.39 is 32.7 Å². The molecule has 0 spiro atoms. The van der Waals surface area contributed by atoms with Crippen molar-refractivity contribution in [2.24, 2.45) is 5.73 Å². The van der Waals surface area contributed by atoms with Gasteiger partial charge in [-0.15, -0.1) is 0 Å². The fourth-order valence-electron chi connectivity index (χ4n) is 4.09. The largest absolute Gasteiger partial charge is 0.383 e. The number of methoxy groups -OCH3 is 1. The Hall–Kier alpha value is -1.83. The van der Waals surface area contributed by atoms with Crippen molar-refractivity contribution >= 4 is 39.1 Å². The molecule has 34 heavy (non-hydrogen) atoms. The second-order valence-electron chi connectivity index (χ2n) is 8.31. The number of rotatable bonds is 9. The molecule has 3 rings (SSSR count). The Labute approximate surface area is 204 Å². The van der Waals surface area contributed by atoms with E-state index in [0.717, 1.165) is 18.7 Å².